The smallest absolute Gasteiger partial charge is 0.337 e. The number of ether oxygens (including phenoxy) is 1. The van der Waals surface area contributed by atoms with Crippen LogP contribution in [0.5, 0.6) is 0 Å². The molecule has 0 saturated carbocycles. The molecule has 0 aliphatic carbocycles. The molecule has 116 valence electrons. The van der Waals surface area contributed by atoms with Crippen LogP contribution in [0.4, 0.5) is 5.69 Å². The summed E-state index contributed by atoms with van der Waals surface area (Å²) >= 11 is 0. The molecule has 5 nitrogen and oxygen atoms in total. The van der Waals surface area contributed by atoms with Crippen molar-refractivity contribution in [2.24, 2.45) is 5.73 Å². The van der Waals surface area contributed by atoms with Crippen LogP contribution in [-0.4, -0.2) is 25.5 Å². The molecule has 1 rings (SSSR count). The SMILES string of the molecule is COC(=O)c1ccc(C)c(NC(=O)CCCCCCN)c1. The van der Waals surface area contributed by atoms with Gasteiger partial charge in [0.15, 0.2) is 0 Å². The number of unbranched alkanes of at least 4 members (excludes halogenated alkanes) is 3. The Morgan fingerprint density at radius 2 is 1.90 bits per heavy atom. The number of hydrogen-bond donors (Lipinski definition) is 2. The summed E-state index contributed by atoms with van der Waals surface area (Å²) in [7, 11) is 1.34. The van der Waals surface area contributed by atoms with E-state index in [-0.39, 0.29) is 5.91 Å². The van der Waals surface area contributed by atoms with E-state index in [4.69, 9.17) is 5.73 Å². The third kappa shape index (κ3) is 5.95. The zero-order valence-electron chi connectivity index (χ0n) is 12.8. The molecule has 1 amide bonds. The molecule has 1 aromatic rings. The molecule has 0 aromatic heterocycles. The van der Waals surface area contributed by atoms with Crippen molar-refractivity contribution in [2.45, 2.75) is 39.0 Å². The maximum absolute atomic E-state index is 11.9. The third-order valence-electron chi connectivity index (χ3n) is 3.29. The number of nitrogens with two attached hydrogens (primary N) is 1. The van der Waals surface area contributed by atoms with Gasteiger partial charge in [0.05, 0.1) is 12.7 Å². The van der Waals surface area contributed by atoms with E-state index in [1.165, 1.54) is 7.11 Å². The Hall–Kier alpha value is -1.88. The number of rotatable bonds is 8. The van der Waals surface area contributed by atoms with Crippen molar-refractivity contribution in [3.8, 4) is 0 Å². The number of amides is 1. The van der Waals surface area contributed by atoms with E-state index in [0.717, 1.165) is 31.2 Å². The molecule has 0 fully saturated rings. The molecule has 3 N–H and O–H groups in total. The second-order valence-electron chi connectivity index (χ2n) is 5.02. The van der Waals surface area contributed by atoms with Gasteiger partial charge in [0.25, 0.3) is 0 Å². The van der Waals surface area contributed by atoms with Gasteiger partial charge in [-0.1, -0.05) is 18.9 Å². The van der Waals surface area contributed by atoms with E-state index in [1.807, 2.05) is 6.92 Å². The van der Waals surface area contributed by atoms with E-state index in [0.29, 0.717) is 24.2 Å². The van der Waals surface area contributed by atoms with Crippen LogP contribution >= 0.6 is 0 Å². The highest BCUT2D eigenvalue weighted by Crippen LogP contribution is 2.18. The second-order valence-corrected chi connectivity index (χ2v) is 5.02. The van der Waals surface area contributed by atoms with Crippen molar-refractivity contribution in [3.63, 3.8) is 0 Å². The molecule has 0 spiro atoms. The van der Waals surface area contributed by atoms with Crippen LogP contribution in [0.3, 0.4) is 0 Å². The number of methoxy groups -OCH3 is 1. The van der Waals surface area contributed by atoms with E-state index in [9.17, 15) is 9.59 Å². The Bertz CT molecular complexity index is 486. The first-order valence-electron chi connectivity index (χ1n) is 7.27. The lowest BCUT2D eigenvalue weighted by molar-refractivity contribution is -0.116. The van der Waals surface area contributed by atoms with Gasteiger partial charge in [-0.05, 0) is 44.0 Å². The molecule has 0 aliphatic heterocycles. The second kappa shape index (κ2) is 9.13. The Kier molecular flexibility index (Phi) is 7.46. The number of nitrogens with one attached hydrogen (secondary N) is 1. The van der Waals surface area contributed by atoms with E-state index in [2.05, 4.69) is 10.1 Å². The Morgan fingerprint density at radius 3 is 2.57 bits per heavy atom. The number of anilines is 1. The molecule has 5 heteroatoms. The minimum atomic E-state index is -0.410. The molecule has 0 saturated heterocycles. The molecule has 1 aromatic carbocycles. The molecule has 0 aliphatic rings. The van der Waals surface area contributed by atoms with Crippen molar-refractivity contribution in [3.05, 3.63) is 29.3 Å². The maximum Gasteiger partial charge on any atom is 0.337 e. The quantitative estimate of drug-likeness (QED) is 0.570. The van der Waals surface area contributed by atoms with E-state index >= 15 is 0 Å². The van der Waals surface area contributed by atoms with Gasteiger partial charge in [0.1, 0.15) is 0 Å². The van der Waals surface area contributed by atoms with Crippen molar-refractivity contribution in [1.82, 2.24) is 0 Å². The van der Waals surface area contributed by atoms with Crippen LogP contribution < -0.4 is 11.1 Å². The number of aryl methyl sites for hydroxylation is 1. The van der Waals surface area contributed by atoms with Gasteiger partial charge in [-0.15, -0.1) is 0 Å². The molecular formula is C16H24N2O3. The van der Waals surface area contributed by atoms with Crippen LogP contribution in [0, 0.1) is 6.92 Å². The van der Waals surface area contributed by atoms with Crippen molar-refractivity contribution >= 4 is 17.6 Å². The predicted molar refractivity (Wildman–Crippen MR) is 83.3 cm³/mol. The van der Waals surface area contributed by atoms with E-state index < -0.39 is 5.97 Å². The normalized spacial score (nSPS) is 10.2. The van der Waals surface area contributed by atoms with Gasteiger partial charge >= 0.3 is 5.97 Å². The average Bonchev–Trinajstić information content (AvgIpc) is 2.48. The van der Waals surface area contributed by atoms with Gasteiger partial charge in [-0.3, -0.25) is 4.79 Å². The minimum absolute atomic E-state index is 0.0344. The number of carbonyl (C=O) groups is 2. The van der Waals surface area contributed by atoms with E-state index in [1.54, 1.807) is 18.2 Å². The van der Waals surface area contributed by atoms with Gasteiger partial charge in [-0.2, -0.15) is 0 Å². The fourth-order valence-corrected chi connectivity index (χ4v) is 2.00. The van der Waals surface area contributed by atoms with Crippen LogP contribution in [0.2, 0.25) is 0 Å². The summed E-state index contributed by atoms with van der Waals surface area (Å²) in [5, 5.41) is 2.85. The summed E-state index contributed by atoms with van der Waals surface area (Å²) in [4.78, 5) is 23.4. The Balaban J connectivity index is 2.53. The minimum Gasteiger partial charge on any atom is -0.465 e. The Morgan fingerprint density at radius 1 is 1.19 bits per heavy atom. The lowest BCUT2D eigenvalue weighted by Gasteiger charge is -2.10. The zero-order chi connectivity index (χ0) is 15.7. The fraction of sp³-hybridized carbons (Fsp3) is 0.500. The standard InChI is InChI=1S/C16H24N2O3/c1-12-8-9-13(16(20)21-2)11-14(12)18-15(19)7-5-3-4-6-10-17/h8-9,11H,3-7,10,17H2,1-2H3,(H,18,19). The van der Waals surface area contributed by atoms with Crippen molar-refractivity contribution in [1.29, 1.82) is 0 Å². The van der Waals surface area contributed by atoms with Gasteiger partial charge < -0.3 is 15.8 Å². The highest BCUT2D eigenvalue weighted by atomic mass is 16.5. The first kappa shape index (κ1) is 17.2. The van der Waals surface area contributed by atoms with Gasteiger partial charge in [0.2, 0.25) is 5.91 Å². The average molecular weight is 292 g/mol. The molecule has 0 radical (unpaired) electrons. The molecule has 0 heterocycles. The first-order chi connectivity index (χ1) is 10.1. The summed E-state index contributed by atoms with van der Waals surface area (Å²) in [6.07, 6.45) is 4.39. The highest BCUT2D eigenvalue weighted by molar-refractivity contribution is 5.95. The van der Waals surface area contributed by atoms with Crippen LogP contribution in [0.25, 0.3) is 0 Å². The predicted octanol–water partition coefficient (Wildman–Crippen LogP) is 2.63. The number of carbonyl (C=O) groups excluding carboxylic acids is 2. The van der Waals surface area contributed by atoms with Gasteiger partial charge in [0, 0.05) is 12.1 Å². The molecule has 21 heavy (non-hydrogen) atoms. The molecule has 0 atom stereocenters. The number of benzene rings is 1. The lowest BCUT2D eigenvalue weighted by atomic mass is 10.1. The number of hydrogen-bond acceptors (Lipinski definition) is 4. The maximum atomic E-state index is 11.9. The highest BCUT2D eigenvalue weighted by Gasteiger charge is 2.10. The van der Waals surface area contributed by atoms with Crippen LogP contribution in [-0.2, 0) is 9.53 Å². The molecule has 0 bridgehead atoms. The molecular weight excluding hydrogens is 268 g/mol. The first-order valence-corrected chi connectivity index (χ1v) is 7.27. The third-order valence-corrected chi connectivity index (χ3v) is 3.29. The largest absolute Gasteiger partial charge is 0.465 e. The summed E-state index contributed by atoms with van der Waals surface area (Å²) in [6.45, 7) is 2.59. The summed E-state index contributed by atoms with van der Waals surface area (Å²) in [6, 6.07) is 5.13. The monoisotopic (exact) mass is 292 g/mol. The van der Waals surface area contributed by atoms with Crippen molar-refractivity contribution < 1.29 is 14.3 Å². The summed E-state index contributed by atoms with van der Waals surface area (Å²) < 4.78 is 4.68. The van der Waals surface area contributed by atoms with Gasteiger partial charge in [-0.25, -0.2) is 4.79 Å². The summed E-state index contributed by atoms with van der Waals surface area (Å²) in [5.74, 6) is -0.444. The van der Waals surface area contributed by atoms with Crippen LogP contribution in [0.1, 0.15) is 48.0 Å². The topological polar surface area (TPSA) is 81.4 Å². The summed E-state index contributed by atoms with van der Waals surface area (Å²) in [5.41, 5.74) is 7.43. The zero-order valence-corrected chi connectivity index (χ0v) is 12.8. The van der Waals surface area contributed by atoms with Crippen molar-refractivity contribution in [2.75, 3.05) is 19.0 Å². The van der Waals surface area contributed by atoms with Crippen LogP contribution in [0.15, 0.2) is 18.2 Å². The lowest BCUT2D eigenvalue weighted by Crippen LogP contribution is -2.13. The number of esters is 1. The molecule has 0 unspecified atom stereocenters. The Labute approximate surface area is 125 Å². The fourth-order valence-electron chi connectivity index (χ4n) is 2.00.